The van der Waals surface area contributed by atoms with Crippen LogP contribution in [0.5, 0.6) is 5.88 Å². The van der Waals surface area contributed by atoms with Crippen LogP contribution in [0.2, 0.25) is 0 Å². The van der Waals surface area contributed by atoms with E-state index in [1.165, 1.54) is 23.3 Å². The highest BCUT2D eigenvalue weighted by atomic mass is 32.1. The molecule has 2 aromatic rings. The molecule has 0 bridgehead atoms. The second-order valence-electron chi connectivity index (χ2n) is 2.91. The van der Waals surface area contributed by atoms with Crippen LogP contribution in [-0.2, 0) is 7.05 Å². The maximum atomic E-state index is 11.8. The molecule has 5 nitrogen and oxygen atoms in total. The highest BCUT2D eigenvalue weighted by molar-refractivity contribution is 7.03. The predicted molar refractivity (Wildman–Crippen MR) is 55.3 cm³/mol. The second kappa shape index (κ2) is 3.82. The zero-order chi connectivity index (χ0) is 10.8. The van der Waals surface area contributed by atoms with Crippen molar-refractivity contribution in [3.05, 3.63) is 28.9 Å². The Morgan fingerprint density at radius 2 is 2.33 bits per heavy atom. The molecule has 78 valence electrons. The van der Waals surface area contributed by atoms with Gasteiger partial charge in [0.2, 0.25) is 11.7 Å². The molecule has 0 N–H and O–H groups in total. The molecule has 0 radical (unpaired) electrons. The van der Waals surface area contributed by atoms with Crippen molar-refractivity contribution < 1.29 is 9.53 Å². The van der Waals surface area contributed by atoms with E-state index in [2.05, 4.69) is 9.47 Å². The first-order chi connectivity index (χ1) is 7.22. The summed E-state index contributed by atoms with van der Waals surface area (Å²) in [6, 6.07) is 3.27. The molecule has 0 aromatic carbocycles. The first-order valence-electron chi connectivity index (χ1n) is 4.25. The molecule has 0 aliphatic rings. The van der Waals surface area contributed by atoms with Crippen molar-refractivity contribution in [3.8, 4) is 5.88 Å². The monoisotopic (exact) mass is 223 g/mol. The standard InChI is InChI=1S/C9H9N3O2S/c1-12-8(14-2)5-7(10-12)9(13)6-3-4-15-11-6/h3-5H,1-2H3. The van der Waals surface area contributed by atoms with Crippen molar-refractivity contribution >= 4 is 17.3 Å². The third-order valence-corrected chi connectivity index (χ3v) is 2.51. The molecule has 2 heterocycles. The van der Waals surface area contributed by atoms with Crippen molar-refractivity contribution in [2.45, 2.75) is 0 Å². The molecule has 0 fully saturated rings. The molecular formula is C9H9N3O2S. The van der Waals surface area contributed by atoms with Crippen molar-refractivity contribution in [1.82, 2.24) is 14.2 Å². The average molecular weight is 223 g/mol. The number of carbonyl (C=O) groups excluding carboxylic acids is 1. The minimum absolute atomic E-state index is 0.185. The topological polar surface area (TPSA) is 57.0 Å². The summed E-state index contributed by atoms with van der Waals surface area (Å²) < 4.78 is 10.5. The van der Waals surface area contributed by atoms with Crippen LogP contribution in [0.1, 0.15) is 16.2 Å². The smallest absolute Gasteiger partial charge is 0.232 e. The lowest BCUT2D eigenvalue weighted by Gasteiger charge is -1.95. The summed E-state index contributed by atoms with van der Waals surface area (Å²) in [5.41, 5.74) is 0.765. The normalized spacial score (nSPS) is 10.3. The van der Waals surface area contributed by atoms with Crippen LogP contribution >= 0.6 is 11.5 Å². The molecule has 2 rings (SSSR count). The lowest BCUT2D eigenvalue weighted by Crippen LogP contribution is -2.03. The molecule has 0 aliphatic carbocycles. The number of hydrogen-bond acceptors (Lipinski definition) is 5. The third kappa shape index (κ3) is 1.75. The summed E-state index contributed by atoms with van der Waals surface area (Å²) in [7, 11) is 3.25. The second-order valence-corrected chi connectivity index (χ2v) is 3.57. The fourth-order valence-corrected chi connectivity index (χ4v) is 1.72. The maximum Gasteiger partial charge on any atom is 0.232 e. The number of carbonyl (C=O) groups is 1. The lowest BCUT2D eigenvalue weighted by atomic mass is 10.2. The minimum atomic E-state index is -0.185. The Kier molecular flexibility index (Phi) is 2.51. The van der Waals surface area contributed by atoms with Gasteiger partial charge in [-0.25, -0.2) is 4.68 Å². The molecule has 0 amide bonds. The summed E-state index contributed by atoms with van der Waals surface area (Å²) in [6.07, 6.45) is 0. The fraction of sp³-hybridized carbons (Fsp3) is 0.222. The lowest BCUT2D eigenvalue weighted by molar-refractivity contribution is 0.103. The zero-order valence-electron chi connectivity index (χ0n) is 8.30. The molecule has 2 aromatic heterocycles. The summed E-state index contributed by atoms with van der Waals surface area (Å²) in [6.45, 7) is 0. The van der Waals surface area contributed by atoms with Crippen LogP contribution in [0.25, 0.3) is 0 Å². The van der Waals surface area contributed by atoms with Gasteiger partial charge in [0.15, 0.2) is 0 Å². The average Bonchev–Trinajstić information content (AvgIpc) is 2.85. The number of ketones is 1. The largest absolute Gasteiger partial charge is 0.481 e. The van der Waals surface area contributed by atoms with Gasteiger partial charge in [0, 0.05) is 18.5 Å². The molecule has 0 aliphatic heterocycles. The Morgan fingerprint density at radius 1 is 1.53 bits per heavy atom. The molecular weight excluding hydrogens is 214 g/mol. The minimum Gasteiger partial charge on any atom is -0.481 e. The fourth-order valence-electron chi connectivity index (χ4n) is 1.21. The molecule has 0 unspecified atom stereocenters. The summed E-state index contributed by atoms with van der Waals surface area (Å²) >= 11 is 1.24. The highest BCUT2D eigenvalue weighted by Gasteiger charge is 2.16. The SMILES string of the molecule is COc1cc(C(=O)c2ccsn2)nn1C. The van der Waals surface area contributed by atoms with Crippen LogP contribution in [0.4, 0.5) is 0 Å². The van der Waals surface area contributed by atoms with Gasteiger partial charge in [-0.1, -0.05) is 0 Å². The van der Waals surface area contributed by atoms with Gasteiger partial charge in [-0.05, 0) is 17.6 Å². The number of aromatic nitrogens is 3. The molecule has 0 saturated heterocycles. The van der Waals surface area contributed by atoms with E-state index in [-0.39, 0.29) is 5.78 Å². The summed E-state index contributed by atoms with van der Waals surface area (Å²) in [5, 5.41) is 5.80. The number of hydrogen-bond donors (Lipinski definition) is 0. The Hall–Kier alpha value is -1.69. The van der Waals surface area contributed by atoms with E-state index >= 15 is 0 Å². The first-order valence-corrected chi connectivity index (χ1v) is 5.09. The number of aryl methyl sites for hydroxylation is 1. The van der Waals surface area contributed by atoms with Gasteiger partial charge in [0.25, 0.3) is 0 Å². The third-order valence-electron chi connectivity index (χ3n) is 1.95. The van der Waals surface area contributed by atoms with Crippen LogP contribution in [0.3, 0.4) is 0 Å². The van der Waals surface area contributed by atoms with Gasteiger partial charge in [0.05, 0.1) is 7.11 Å². The Bertz CT molecular complexity index is 476. The van der Waals surface area contributed by atoms with Gasteiger partial charge in [-0.3, -0.25) is 4.79 Å². The van der Waals surface area contributed by atoms with E-state index in [0.717, 1.165) is 0 Å². The highest BCUT2D eigenvalue weighted by Crippen LogP contribution is 2.14. The summed E-state index contributed by atoms with van der Waals surface area (Å²) in [4.78, 5) is 11.8. The van der Waals surface area contributed by atoms with E-state index in [4.69, 9.17) is 4.74 Å². The van der Waals surface area contributed by atoms with Gasteiger partial charge in [0.1, 0.15) is 11.4 Å². The molecule has 0 atom stereocenters. The van der Waals surface area contributed by atoms with E-state index < -0.39 is 0 Å². The zero-order valence-corrected chi connectivity index (χ0v) is 9.11. The van der Waals surface area contributed by atoms with Crippen molar-refractivity contribution in [2.75, 3.05) is 7.11 Å². The van der Waals surface area contributed by atoms with Gasteiger partial charge >= 0.3 is 0 Å². The number of ether oxygens (including phenoxy) is 1. The van der Waals surface area contributed by atoms with Crippen LogP contribution < -0.4 is 4.74 Å². The van der Waals surface area contributed by atoms with Crippen molar-refractivity contribution in [3.63, 3.8) is 0 Å². The molecule has 0 saturated carbocycles. The van der Waals surface area contributed by atoms with Crippen LogP contribution in [0.15, 0.2) is 17.5 Å². The van der Waals surface area contributed by atoms with Crippen molar-refractivity contribution in [2.24, 2.45) is 7.05 Å². The Balaban J connectivity index is 2.34. The van der Waals surface area contributed by atoms with Gasteiger partial charge in [-0.2, -0.15) is 9.47 Å². The van der Waals surface area contributed by atoms with Gasteiger partial charge < -0.3 is 4.74 Å². The Labute approximate surface area is 90.5 Å². The van der Waals surface area contributed by atoms with E-state index in [0.29, 0.717) is 17.3 Å². The first kappa shape index (κ1) is 9.85. The van der Waals surface area contributed by atoms with Crippen LogP contribution in [0, 0.1) is 0 Å². The molecule has 0 spiro atoms. The molecule has 15 heavy (non-hydrogen) atoms. The van der Waals surface area contributed by atoms with E-state index in [1.54, 1.807) is 24.6 Å². The molecule has 6 heteroatoms. The Morgan fingerprint density at radius 3 is 2.87 bits per heavy atom. The number of methoxy groups -OCH3 is 1. The maximum absolute atomic E-state index is 11.8. The van der Waals surface area contributed by atoms with Crippen LogP contribution in [-0.4, -0.2) is 27.0 Å². The van der Waals surface area contributed by atoms with E-state index in [1.807, 2.05) is 0 Å². The van der Waals surface area contributed by atoms with Gasteiger partial charge in [-0.15, -0.1) is 0 Å². The summed E-state index contributed by atoms with van der Waals surface area (Å²) in [5.74, 6) is 0.365. The number of nitrogens with zero attached hydrogens (tertiary/aromatic N) is 3. The quantitative estimate of drug-likeness (QED) is 0.731. The number of rotatable bonds is 3. The van der Waals surface area contributed by atoms with E-state index in [9.17, 15) is 4.79 Å². The van der Waals surface area contributed by atoms with Crippen molar-refractivity contribution in [1.29, 1.82) is 0 Å². The predicted octanol–water partition coefficient (Wildman–Crippen LogP) is 1.12.